The third kappa shape index (κ3) is 2.95. The fourth-order valence-corrected chi connectivity index (χ4v) is 3.16. The molecule has 0 saturated heterocycles. The van der Waals surface area contributed by atoms with Crippen LogP contribution in [-0.4, -0.2) is 18.3 Å². The molecular formula is C18H17ClO3. The number of benzene rings is 1. The maximum absolute atomic E-state index is 12.5. The Hall–Kier alpha value is -2.00. The smallest absolute Gasteiger partial charge is 0.177 e. The van der Waals surface area contributed by atoms with Crippen molar-refractivity contribution in [3.63, 3.8) is 0 Å². The van der Waals surface area contributed by atoms with E-state index in [0.717, 1.165) is 29.1 Å². The monoisotopic (exact) mass is 316 g/mol. The quantitative estimate of drug-likeness (QED) is 0.621. The second-order valence-electron chi connectivity index (χ2n) is 5.37. The Labute approximate surface area is 134 Å². The number of methoxy groups -OCH3 is 1. The summed E-state index contributed by atoms with van der Waals surface area (Å²) in [4.78, 5) is 12.5. The van der Waals surface area contributed by atoms with Gasteiger partial charge in [-0.15, -0.1) is 11.6 Å². The molecule has 1 aliphatic carbocycles. The molecule has 3 nitrogen and oxygen atoms in total. The fraction of sp³-hybridized carbons (Fsp3) is 0.278. The Morgan fingerprint density at radius 2 is 2.05 bits per heavy atom. The minimum atomic E-state index is -0.565. The largest absolute Gasteiger partial charge is 0.497 e. The fourth-order valence-electron chi connectivity index (χ4n) is 2.77. The summed E-state index contributed by atoms with van der Waals surface area (Å²) >= 11 is 6.36. The van der Waals surface area contributed by atoms with E-state index in [9.17, 15) is 4.79 Å². The molecule has 3 rings (SSSR count). The first-order chi connectivity index (χ1) is 10.7. The molecule has 1 aromatic heterocycles. The van der Waals surface area contributed by atoms with Crippen LogP contribution in [0.15, 0.2) is 52.7 Å². The number of rotatable bonds is 3. The van der Waals surface area contributed by atoms with E-state index in [2.05, 4.69) is 0 Å². The van der Waals surface area contributed by atoms with E-state index in [4.69, 9.17) is 20.8 Å². The molecule has 22 heavy (non-hydrogen) atoms. The number of carbonyl (C=O) groups is 1. The Balaban J connectivity index is 1.79. The van der Waals surface area contributed by atoms with Gasteiger partial charge in [-0.1, -0.05) is 12.1 Å². The second kappa shape index (κ2) is 6.41. The van der Waals surface area contributed by atoms with Crippen molar-refractivity contribution in [1.29, 1.82) is 0 Å². The van der Waals surface area contributed by atoms with Crippen LogP contribution in [0.1, 0.15) is 30.1 Å². The van der Waals surface area contributed by atoms with Gasteiger partial charge in [-0.2, -0.15) is 0 Å². The highest BCUT2D eigenvalue weighted by molar-refractivity contribution is 6.35. The van der Waals surface area contributed by atoms with E-state index in [1.54, 1.807) is 13.4 Å². The first-order valence-electron chi connectivity index (χ1n) is 7.25. The van der Waals surface area contributed by atoms with Crippen molar-refractivity contribution >= 4 is 23.5 Å². The van der Waals surface area contributed by atoms with Gasteiger partial charge in [-0.3, -0.25) is 4.79 Å². The third-order valence-corrected chi connectivity index (χ3v) is 4.51. The topological polar surface area (TPSA) is 39.4 Å². The lowest BCUT2D eigenvalue weighted by atomic mass is 9.82. The maximum atomic E-state index is 12.5. The maximum Gasteiger partial charge on any atom is 0.177 e. The number of hydrogen-bond donors (Lipinski definition) is 0. The van der Waals surface area contributed by atoms with Crippen LogP contribution in [0.3, 0.4) is 0 Å². The molecule has 2 aromatic rings. The Morgan fingerprint density at radius 1 is 1.27 bits per heavy atom. The molecule has 1 aliphatic rings. The van der Waals surface area contributed by atoms with Gasteiger partial charge in [-0.25, -0.2) is 0 Å². The average Bonchev–Trinajstić information content (AvgIpc) is 3.07. The van der Waals surface area contributed by atoms with Crippen molar-refractivity contribution in [2.45, 2.75) is 24.1 Å². The SMILES string of the molecule is COc1ccc(C=C2CCC(c3ccco3)C(Cl)C2=O)cc1. The Morgan fingerprint density at radius 3 is 2.68 bits per heavy atom. The first-order valence-corrected chi connectivity index (χ1v) is 7.69. The molecule has 0 aliphatic heterocycles. The molecule has 0 N–H and O–H groups in total. The number of alkyl halides is 1. The average molecular weight is 317 g/mol. The highest BCUT2D eigenvalue weighted by Crippen LogP contribution is 2.37. The van der Waals surface area contributed by atoms with Crippen LogP contribution in [0.25, 0.3) is 6.08 Å². The van der Waals surface area contributed by atoms with Gasteiger partial charge < -0.3 is 9.15 Å². The van der Waals surface area contributed by atoms with Gasteiger partial charge in [0.25, 0.3) is 0 Å². The van der Waals surface area contributed by atoms with Crippen LogP contribution in [0, 0.1) is 0 Å². The highest BCUT2D eigenvalue weighted by Gasteiger charge is 2.35. The van der Waals surface area contributed by atoms with Crippen molar-refractivity contribution in [1.82, 2.24) is 0 Å². The summed E-state index contributed by atoms with van der Waals surface area (Å²) in [6, 6.07) is 11.3. The number of hydrogen-bond acceptors (Lipinski definition) is 3. The number of ketones is 1. The van der Waals surface area contributed by atoms with E-state index in [0.29, 0.717) is 6.42 Å². The lowest BCUT2D eigenvalue weighted by Gasteiger charge is -2.26. The number of halogens is 1. The molecule has 2 atom stereocenters. The van der Waals surface area contributed by atoms with Crippen molar-refractivity contribution < 1.29 is 13.9 Å². The van der Waals surface area contributed by atoms with Crippen LogP contribution in [0.4, 0.5) is 0 Å². The number of carbonyl (C=O) groups excluding carboxylic acids is 1. The molecule has 1 saturated carbocycles. The predicted octanol–water partition coefficient (Wildman–Crippen LogP) is 4.43. The number of allylic oxidation sites excluding steroid dienone is 1. The summed E-state index contributed by atoms with van der Waals surface area (Å²) in [5.41, 5.74) is 1.75. The van der Waals surface area contributed by atoms with Crippen molar-refractivity contribution in [2.24, 2.45) is 0 Å². The van der Waals surface area contributed by atoms with Crippen molar-refractivity contribution in [3.8, 4) is 5.75 Å². The van der Waals surface area contributed by atoms with Crippen molar-refractivity contribution in [2.75, 3.05) is 7.11 Å². The van der Waals surface area contributed by atoms with Crippen LogP contribution in [-0.2, 0) is 4.79 Å². The van der Waals surface area contributed by atoms with E-state index in [-0.39, 0.29) is 11.7 Å². The summed E-state index contributed by atoms with van der Waals surface area (Å²) in [5.74, 6) is 1.53. The zero-order valence-electron chi connectivity index (χ0n) is 12.3. The molecule has 0 spiro atoms. The van der Waals surface area contributed by atoms with Gasteiger partial charge in [0.15, 0.2) is 5.78 Å². The molecule has 4 heteroatoms. The summed E-state index contributed by atoms with van der Waals surface area (Å²) in [7, 11) is 1.63. The van der Waals surface area contributed by atoms with Crippen LogP contribution >= 0.6 is 11.6 Å². The summed E-state index contributed by atoms with van der Waals surface area (Å²) in [5, 5.41) is -0.565. The molecule has 114 valence electrons. The lowest BCUT2D eigenvalue weighted by molar-refractivity contribution is -0.116. The highest BCUT2D eigenvalue weighted by atomic mass is 35.5. The Kier molecular flexibility index (Phi) is 4.34. The summed E-state index contributed by atoms with van der Waals surface area (Å²) in [6.45, 7) is 0. The normalized spacial score (nSPS) is 23.7. The minimum absolute atomic E-state index is 0.00913. The van der Waals surface area contributed by atoms with Gasteiger partial charge in [0.05, 0.1) is 13.4 Å². The van der Waals surface area contributed by atoms with Crippen LogP contribution < -0.4 is 4.74 Å². The molecule has 0 radical (unpaired) electrons. The molecule has 1 fully saturated rings. The van der Waals surface area contributed by atoms with Crippen molar-refractivity contribution in [3.05, 3.63) is 59.6 Å². The zero-order chi connectivity index (χ0) is 15.5. The van der Waals surface area contributed by atoms with E-state index < -0.39 is 5.38 Å². The molecule has 0 amide bonds. The molecule has 2 unspecified atom stereocenters. The number of ether oxygens (including phenoxy) is 1. The zero-order valence-corrected chi connectivity index (χ0v) is 13.0. The van der Waals surface area contributed by atoms with E-state index in [1.165, 1.54) is 0 Å². The lowest BCUT2D eigenvalue weighted by Crippen LogP contribution is -2.29. The van der Waals surface area contributed by atoms with Gasteiger partial charge >= 0.3 is 0 Å². The summed E-state index contributed by atoms with van der Waals surface area (Å²) in [6.07, 6.45) is 5.05. The molecule has 1 heterocycles. The standard InChI is InChI=1S/C18H17ClO3/c1-21-14-7-4-12(5-8-14)11-13-6-9-15(17(19)18(13)20)16-3-2-10-22-16/h2-5,7-8,10-11,15,17H,6,9H2,1H3. The van der Waals surface area contributed by atoms with Crippen LogP contribution in [0.2, 0.25) is 0 Å². The number of Topliss-reactive ketones (excluding diaryl/α,β-unsaturated/α-hetero) is 1. The van der Waals surface area contributed by atoms with Gasteiger partial charge in [0, 0.05) is 5.92 Å². The predicted molar refractivity (Wildman–Crippen MR) is 86.3 cm³/mol. The Bertz CT molecular complexity index is 671. The molecule has 1 aromatic carbocycles. The molecule has 0 bridgehead atoms. The van der Waals surface area contributed by atoms with E-state index >= 15 is 0 Å². The molecular weight excluding hydrogens is 300 g/mol. The first kappa shape index (κ1) is 14.9. The minimum Gasteiger partial charge on any atom is -0.497 e. The summed E-state index contributed by atoms with van der Waals surface area (Å²) < 4.78 is 10.5. The van der Waals surface area contributed by atoms with E-state index in [1.807, 2.05) is 42.5 Å². The second-order valence-corrected chi connectivity index (χ2v) is 5.84. The van der Waals surface area contributed by atoms with Gasteiger partial charge in [0.1, 0.15) is 16.9 Å². The van der Waals surface area contributed by atoms with Crippen LogP contribution in [0.5, 0.6) is 5.75 Å². The third-order valence-electron chi connectivity index (χ3n) is 4.01. The van der Waals surface area contributed by atoms with Gasteiger partial charge in [-0.05, 0) is 54.3 Å². The van der Waals surface area contributed by atoms with Gasteiger partial charge in [0.2, 0.25) is 0 Å². The number of furan rings is 1.